The molecule has 1 fully saturated rings. The van der Waals surface area contributed by atoms with Gasteiger partial charge in [-0.1, -0.05) is 47.5 Å². The topological polar surface area (TPSA) is 154 Å². The summed E-state index contributed by atoms with van der Waals surface area (Å²) in [5.41, 5.74) is 1.32. The van der Waals surface area contributed by atoms with Crippen molar-refractivity contribution in [2.75, 3.05) is 18.0 Å². The number of sulfonamides is 1. The van der Waals surface area contributed by atoms with Gasteiger partial charge in [0.2, 0.25) is 11.9 Å². The third kappa shape index (κ3) is 5.44. The average Bonchev–Trinajstić information content (AvgIpc) is 3.74. The third-order valence-corrected chi connectivity index (χ3v) is 10.3. The van der Waals surface area contributed by atoms with Crippen LogP contribution in [0.1, 0.15) is 25.3 Å². The van der Waals surface area contributed by atoms with Crippen LogP contribution in [0.2, 0.25) is 10.0 Å². The summed E-state index contributed by atoms with van der Waals surface area (Å²) in [6, 6.07) is 12.9. The van der Waals surface area contributed by atoms with Gasteiger partial charge in [0.1, 0.15) is 24.5 Å². The highest BCUT2D eigenvalue weighted by Crippen LogP contribution is 2.45. The van der Waals surface area contributed by atoms with Crippen molar-refractivity contribution < 1.29 is 18.0 Å². The van der Waals surface area contributed by atoms with Crippen LogP contribution in [0.25, 0.3) is 11.1 Å². The van der Waals surface area contributed by atoms with E-state index in [1.807, 2.05) is 30.3 Å². The number of nitrogens with one attached hydrogen (secondary N) is 1. The number of anilines is 2. The number of rotatable bonds is 8. The highest BCUT2D eigenvalue weighted by molar-refractivity contribution is 7.89. The van der Waals surface area contributed by atoms with Crippen LogP contribution < -0.4 is 10.2 Å². The fourth-order valence-electron chi connectivity index (χ4n) is 5.93. The molecular formula is C30H26Cl2N8O4S. The van der Waals surface area contributed by atoms with E-state index in [4.69, 9.17) is 28.5 Å². The molecule has 0 saturated carbocycles. The lowest BCUT2D eigenvalue weighted by Gasteiger charge is -2.29. The average molecular weight is 666 g/mol. The molecule has 15 heteroatoms. The molecule has 230 valence electrons. The summed E-state index contributed by atoms with van der Waals surface area (Å²) in [5.74, 6) is -0.926. The van der Waals surface area contributed by atoms with Gasteiger partial charge in [0, 0.05) is 41.0 Å². The highest BCUT2D eigenvalue weighted by atomic mass is 35.5. The van der Waals surface area contributed by atoms with Crippen LogP contribution in [0, 0.1) is 11.3 Å². The molecule has 4 aromatic rings. The molecule has 0 aliphatic carbocycles. The molecule has 0 radical (unpaired) electrons. The van der Waals surface area contributed by atoms with E-state index in [0.29, 0.717) is 18.5 Å². The van der Waals surface area contributed by atoms with Crippen molar-refractivity contribution in [2.45, 2.75) is 42.8 Å². The zero-order chi connectivity index (χ0) is 31.9. The first-order valence-corrected chi connectivity index (χ1v) is 16.1. The minimum atomic E-state index is -4.35. The molecule has 6 rings (SSSR count). The first-order chi connectivity index (χ1) is 21.5. The normalized spacial score (nSPS) is 19.8. The van der Waals surface area contributed by atoms with Gasteiger partial charge in [-0.15, -0.1) is 0 Å². The van der Waals surface area contributed by atoms with Crippen molar-refractivity contribution in [1.82, 2.24) is 29.1 Å². The number of hydrogen-bond acceptors (Lipinski definition) is 8. The van der Waals surface area contributed by atoms with E-state index in [1.165, 1.54) is 28.1 Å². The maximum atomic E-state index is 14.4. The molecule has 0 unspecified atom stereocenters. The van der Waals surface area contributed by atoms with Crippen LogP contribution in [-0.2, 0) is 31.6 Å². The van der Waals surface area contributed by atoms with Crippen LogP contribution in [0.5, 0.6) is 0 Å². The Morgan fingerprint density at radius 3 is 2.44 bits per heavy atom. The van der Waals surface area contributed by atoms with Crippen LogP contribution in [0.3, 0.4) is 0 Å². The Morgan fingerprint density at radius 1 is 1.09 bits per heavy atom. The lowest BCUT2D eigenvalue weighted by Crippen LogP contribution is -2.47. The van der Waals surface area contributed by atoms with E-state index < -0.39 is 33.4 Å². The maximum Gasteiger partial charge on any atom is 0.261 e. The molecular weight excluding hydrogens is 639 g/mol. The zero-order valence-corrected chi connectivity index (χ0v) is 26.2. The van der Waals surface area contributed by atoms with Crippen molar-refractivity contribution in [2.24, 2.45) is 0 Å². The highest BCUT2D eigenvalue weighted by Gasteiger charge is 2.53. The van der Waals surface area contributed by atoms with Gasteiger partial charge in [-0.25, -0.2) is 28.3 Å². The summed E-state index contributed by atoms with van der Waals surface area (Å²) < 4.78 is 31.1. The van der Waals surface area contributed by atoms with E-state index in [-0.39, 0.29) is 40.5 Å². The second-order valence-electron chi connectivity index (χ2n) is 10.9. The number of fused-ring (bicyclic) bond motifs is 1. The molecule has 4 heterocycles. The molecule has 2 aliphatic rings. The van der Waals surface area contributed by atoms with E-state index in [2.05, 4.69) is 20.3 Å². The Bertz CT molecular complexity index is 1930. The Hall–Kier alpha value is -4.35. The van der Waals surface area contributed by atoms with Gasteiger partial charge in [0.15, 0.2) is 5.03 Å². The van der Waals surface area contributed by atoms with E-state index in [0.717, 1.165) is 21.0 Å². The predicted octanol–water partition coefficient (Wildman–Crippen LogP) is 4.08. The molecule has 1 N–H and O–H groups in total. The number of halogens is 2. The number of imidazole rings is 1. The number of nitrogens with zero attached hydrogens (tertiary/aromatic N) is 7. The predicted molar refractivity (Wildman–Crippen MR) is 166 cm³/mol. The number of carbonyl (C=O) groups excluding carboxylic acids is 2. The number of amides is 2. The summed E-state index contributed by atoms with van der Waals surface area (Å²) in [6.07, 6.45) is 6.89. The van der Waals surface area contributed by atoms with Crippen LogP contribution in [0.4, 0.5) is 11.6 Å². The molecule has 1 saturated heterocycles. The van der Waals surface area contributed by atoms with Gasteiger partial charge in [0.05, 0.1) is 18.0 Å². The molecule has 0 bridgehead atoms. The molecule has 0 spiro atoms. The number of aromatic nitrogens is 4. The Morgan fingerprint density at radius 2 is 1.78 bits per heavy atom. The Kier molecular flexibility index (Phi) is 8.09. The first-order valence-electron chi connectivity index (χ1n) is 13.9. The monoisotopic (exact) mass is 664 g/mol. The van der Waals surface area contributed by atoms with Crippen molar-refractivity contribution in [3.8, 4) is 17.2 Å². The minimum Gasteiger partial charge on any atom is -0.342 e. The largest absolute Gasteiger partial charge is 0.342 e. The summed E-state index contributed by atoms with van der Waals surface area (Å²) in [7, 11) is -4.35. The zero-order valence-electron chi connectivity index (χ0n) is 23.9. The molecule has 2 atom stereocenters. The van der Waals surface area contributed by atoms with Gasteiger partial charge in [-0.05, 0) is 49.1 Å². The molecule has 45 heavy (non-hydrogen) atoms. The number of hydrogen-bond donors (Lipinski definition) is 1. The lowest BCUT2D eigenvalue weighted by molar-refractivity contribution is -0.124. The third-order valence-electron chi connectivity index (χ3n) is 7.99. The summed E-state index contributed by atoms with van der Waals surface area (Å²) >= 11 is 12.6. The fourth-order valence-corrected chi connectivity index (χ4v) is 8.29. The van der Waals surface area contributed by atoms with E-state index in [1.54, 1.807) is 31.5 Å². The smallest absolute Gasteiger partial charge is 0.261 e. The van der Waals surface area contributed by atoms with Crippen molar-refractivity contribution in [3.63, 3.8) is 0 Å². The standard InChI is InChI=1S/C30H26Cl2N8O4S/c1-30(14-19-4-6-20(7-5-19)21-15-34-18-35-16-21)28(42)39(24-12-22(31)11-23(32)13-24)29-37-17-26(40(29)30)45(43,44)38-10-2-3-25(38)27(41)36-9-8-33/h4-7,11-13,15-18,25H,2-3,9-10,14H2,1H3,(H,36,41)/t25-,30+/m0/s1. The van der Waals surface area contributed by atoms with Gasteiger partial charge in [-0.3, -0.25) is 14.2 Å². The molecule has 2 aliphatic heterocycles. The van der Waals surface area contributed by atoms with Crippen LogP contribution in [0.15, 0.2) is 72.4 Å². The maximum absolute atomic E-state index is 14.4. The SMILES string of the molecule is C[C@@]1(Cc2ccc(-c3cncnc3)cc2)C(=O)N(c2cc(Cl)cc(Cl)c2)c2ncc(S(=O)(=O)N3CCC[C@H]3C(=O)NCC#N)n21. The van der Waals surface area contributed by atoms with Crippen molar-refractivity contribution >= 4 is 56.7 Å². The van der Waals surface area contributed by atoms with Gasteiger partial charge >= 0.3 is 0 Å². The summed E-state index contributed by atoms with van der Waals surface area (Å²) in [5, 5.41) is 11.7. The van der Waals surface area contributed by atoms with Crippen LogP contribution in [-0.4, -0.2) is 63.2 Å². The Labute approximate surface area is 269 Å². The number of benzene rings is 2. The second-order valence-corrected chi connectivity index (χ2v) is 13.6. The van der Waals surface area contributed by atoms with Gasteiger partial charge in [-0.2, -0.15) is 9.57 Å². The lowest BCUT2D eigenvalue weighted by atomic mass is 9.91. The van der Waals surface area contributed by atoms with E-state index in [9.17, 15) is 18.0 Å². The molecule has 2 amide bonds. The van der Waals surface area contributed by atoms with Crippen molar-refractivity contribution in [3.05, 3.63) is 83.0 Å². The quantitative estimate of drug-likeness (QED) is 0.276. The molecule has 2 aromatic heterocycles. The van der Waals surface area contributed by atoms with Crippen molar-refractivity contribution in [1.29, 1.82) is 5.26 Å². The van der Waals surface area contributed by atoms with Crippen LogP contribution >= 0.6 is 23.2 Å². The molecule has 12 nitrogen and oxygen atoms in total. The molecule has 2 aromatic carbocycles. The summed E-state index contributed by atoms with van der Waals surface area (Å²) in [4.78, 5) is 41.1. The van der Waals surface area contributed by atoms with E-state index >= 15 is 0 Å². The fraction of sp³-hybridized carbons (Fsp3) is 0.267. The Balaban J connectivity index is 1.44. The number of nitriles is 1. The number of carbonyl (C=O) groups is 2. The first kappa shape index (κ1) is 30.7. The van der Waals surface area contributed by atoms with Gasteiger partial charge in [0.25, 0.3) is 15.9 Å². The van der Waals surface area contributed by atoms with Gasteiger partial charge < -0.3 is 5.32 Å². The summed E-state index contributed by atoms with van der Waals surface area (Å²) in [6.45, 7) is 1.51. The minimum absolute atomic E-state index is 0.0714. The second kappa shape index (κ2) is 11.9.